The predicted molar refractivity (Wildman–Crippen MR) is 246 cm³/mol. The molecule has 11 aromatic rings. The van der Waals surface area contributed by atoms with Crippen LogP contribution in [0.15, 0.2) is 209 Å². The Kier molecular flexibility index (Phi) is 6.78. The summed E-state index contributed by atoms with van der Waals surface area (Å²) >= 11 is 0. The van der Waals surface area contributed by atoms with Crippen LogP contribution in [0.4, 0.5) is 34.1 Å². The number of benzene rings is 9. The molecule has 5 heteroatoms. The third-order valence-corrected chi connectivity index (χ3v) is 12.4. The number of fused-ring (bicyclic) bond motifs is 10. The van der Waals surface area contributed by atoms with E-state index < -0.39 is 0 Å². The summed E-state index contributed by atoms with van der Waals surface area (Å²) in [4.78, 5) is 4.93. The average Bonchev–Trinajstić information content (AvgIpc) is 3.87. The van der Waals surface area contributed by atoms with Crippen molar-refractivity contribution in [2.24, 2.45) is 0 Å². The molecule has 0 amide bonds. The highest BCUT2D eigenvalue weighted by molar-refractivity contribution is 7.00. The van der Waals surface area contributed by atoms with E-state index in [4.69, 9.17) is 8.83 Å². The number of hydrogen-bond donors (Lipinski definition) is 0. The quantitative estimate of drug-likeness (QED) is 0.168. The SMILES string of the molecule is c1ccc(N2c3cc(-c4ccc5oc6ccccc6c5c4)ccc3B3c4ccc(-c5ccc6oc7ccccc7c6c5)cc4N(c4ccccc4)c4cccc2c43)cc1. The van der Waals surface area contributed by atoms with E-state index in [1.807, 2.05) is 24.3 Å². The topological polar surface area (TPSA) is 32.8 Å². The minimum absolute atomic E-state index is 0.00909. The first-order valence-electron chi connectivity index (χ1n) is 20.2. The fourth-order valence-electron chi connectivity index (χ4n) is 9.81. The molecule has 0 saturated carbocycles. The predicted octanol–water partition coefficient (Wildman–Crippen LogP) is 12.9. The van der Waals surface area contributed by atoms with Gasteiger partial charge < -0.3 is 18.6 Å². The van der Waals surface area contributed by atoms with Crippen molar-refractivity contribution in [3.63, 3.8) is 0 Å². The van der Waals surface area contributed by atoms with Crippen LogP contribution in [0.5, 0.6) is 0 Å². The van der Waals surface area contributed by atoms with Gasteiger partial charge in [-0.1, -0.05) is 115 Å². The lowest BCUT2D eigenvalue weighted by atomic mass is 9.33. The highest BCUT2D eigenvalue weighted by Crippen LogP contribution is 2.46. The van der Waals surface area contributed by atoms with Crippen LogP contribution in [0.25, 0.3) is 66.1 Å². The van der Waals surface area contributed by atoms with Gasteiger partial charge in [-0.3, -0.25) is 0 Å². The standard InChI is InChI=1S/C54H33BN2O2/c1-3-12-38(13-4-1)56-46-18-11-19-47-54(46)55(44-26-22-36(32-48(44)56)34-24-28-52-42(30-34)40-16-7-9-20-50(40)58-52)45-27-23-37(33-49(45)57(47)39-14-5-2-6-15-39)35-25-29-53-43(31-35)41-17-8-10-21-51(41)59-53/h1-33H. The van der Waals surface area contributed by atoms with Crippen molar-refractivity contribution in [2.75, 3.05) is 9.80 Å². The summed E-state index contributed by atoms with van der Waals surface area (Å²) in [5.74, 6) is 0. The fraction of sp³-hybridized carbons (Fsp3) is 0. The van der Waals surface area contributed by atoms with Gasteiger partial charge in [-0.05, 0) is 124 Å². The van der Waals surface area contributed by atoms with Gasteiger partial charge in [0.15, 0.2) is 0 Å². The first kappa shape index (κ1) is 32.3. The van der Waals surface area contributed by atoms with Crippen LogP contribution in [0.2, 0.25) is 0 Å². The molecule has 4 heterocycles. The Labute approximate surface area is 340 Å². The second-order valence-corrected chi connectivity index (χ2v) is 15.7. The summed E-state index contributed by atoms with van der Waals surface area (Å²) in [6.07, 6.45) is 0. The second-order valence-electron chi connectivity index (χ2n) is 15.7. The summed E-state index contributed by atoms with van der Waals surface area (Å²) < 4.78 is 12.4. The third-order valence-electron chi connectivity index (χ3n) is 12.4. The summed E-state index contributed by atoms with van der Waals surface area (Å²) in [6.45, 7) is 0.00909. The van der Waals surface area contributed by atoms with Crippen LogP contribution in [0, 0.1) is 0 Å². The van der Waals surface area contributed by atoms with Crippen molar-refractivity contribution < 1.29 is 8.83 Å². The molecule has 13 rings (SSSR count). The van der Waals surface area contributed by atoms with Crippen LogP contribution in [-0.4, -0.2) is 6.71 Å². The Bertz CT molecular complexity index is 3250. The van der Waals surface area contributed by atoms with Crippen LogP contribution < -0.4 is 26.2 Å². The van der Waals surface area contributed by atoms with Gasteiger partial charge in [0.1, 0.15) is 22.3 Å². The average molecular weight is 753 g/mol. The van der Waals surface area contributed by atoms with Gasteiger partial charge in [-0.2, -0.15) is 0 Å². The van der Waals surface area contributed by atoms with Gasteiger partial charge in [0.25, 0.3) is 6.71 Å². The van der Waals surface area contributed by atoms with Crippen molar-refractivity contribution in [1.82, 2.24) is 0 Å². The van der Waals surface area contributed by atoms with E-state index in [2.05, 4.69) is 186 Å². The zero-order chi connectivity index (χ0) is 38.6. The Morgan fingerprint density at radius 3 is 1.20 bits per heavy atom. The van der Waals surface area contributed by atoms with Crippen molar-refractivity contribution in [3.8, 4) is 22.3 Å². The molecule has 0 spiro atoms. The first-order chi connectivity index (χ1) is 29.2. The van der Waals surface area contributed by atoms with E-state index in [-0.39, 0.29) is 6.71 Å². The molecule has 0 unspecified atom stereocenters. The third kappa shape index (κ3) is 4.79. The largest absolute Gasteiger partial charge is 0.456 e. The van der Waals surface area contributed by atoms with E-state index >= 15 is 0 Å². The Hall–Kier alpha value is -7.76. The van der Waals surface area contributed by atoms with Crippen molar-refractivity contribution >= 4 is 101 Å². The number of furan rings is 2. The van der Waals surface area contributed by atoms with Crippen LogP contribution in [0.3, 0.4) is 0 Å². The molecule has 2 aromatic heterocycles. The molecule has 0 fully saturated rings. The molecule has 2 aliphatic heterocycles. The molecule has 0 atom stereocenters. The smallest absolute Gasteiger partial charge is 0.252 e. The van der Waals surface area contributed by atoms with Gasteiger partial charge in [-0.25, -0.2) is 0 Å². The molecule has 9 aromatic carbocycles. The number of anilines is 6. The van der Waals surface area contributed by atoms with E-state index in [1.165, 1.54) is 39.1 Å². The number of nitrogens with zero attached hydrogens (tertiary/aromatic N) is 2. The van der Waals surface area contributed by atoms with Gasteiger partial charge in [-0.15, -0.1) is 0 Å². The minimum Gasteiger partial charge on any atom is -0.456 e. The molecule has 2 aliphatic rings. The summed E-state index contributed by atoms with van der Waals surface area (Å²) in [7, 11) is 0. The molecule has 0 saturated heterocycles. The summed E-state index contributed by atoms with van der Waals surface area (Å²) in [5.41, 5.74) is 19.1. The molecule has 0 N–H and O–H groups in total. The first-order valence-corrected chi connectivity index (χ1v) is 20.2. The highest BCUT2D eigenvalue weighted by atomic mass is 16.3. The molecule has 59 heavy (non-hydrogen) atoms. The van der Waals surface area contributed by atoms with Gasteiger partial charge >= 0.3 is 0 Å². The Morgan fingerprint density at radius 1 is 0.305 bits per heavy atom. The van der Waals surface area contributed by atoms with Crippen LogP contribution in [-0.2, 0) is 0 Å². The van der Waals surface area contributed by atoms with E-state index in [0.29, 0.717) is 0 Å². The normalized spacial score (nSPS) is 13.0. The van der Waals surface area contributed by atoms with Gasteiger partial charge in [0, 0.05) is 55.7 Å². The van der Waals surface area contributed by atoms with Crippen LogP contribution in [0.1, 0.15) is 0 Å². The summed E-state index contributed by atoms with van der Waals surface area (Å²) in [6, 6.07) is 72.3. The Balaban J connectivity index is 1.04. The molecule has 0 bridgehead atoms. The minimum atomic E-state index is 0.00909. The van der Waals surface area contributed by atoms with E-state index in [1.54, 1.807) is 0 Å². The zero-order valence-corrected chi connectivity index (χ0v) is 31.8. The Morgan fingerprint density at radius 2 is 0.712 bits per heavy atom. The fourth-order valence-corrected chi connectivity index (χ4v) is 9.81. The number of para-hydroxylation sites is 4. The monoisotopic (exact) mass is 752 g/mol. The van der Waals surface area contributed by atoms with Crippen molar-refractivity contribution in [2.45, 2.75) is 0 Å². The zero-order valence-electron chi connectivity index (χ0n) is 31.8. The van der Waals surface area contributed by atoms with E-state index in [0.717, 1.165) is 77.5 Å². The lowest BCUT2D eigenvalue weighted by Crippen LogP contribution is -2.61. The van der Waals surface area contributed by atoms with Gasteiger partial charge in [0.2, 0.25) is 0 Å². The van der Waals surface area contributed by atoms with E-state index in [9.17, 15) is 0 Å². The maximum atomic E-state index is 6.22. The maximum Gasteiger partial charge on any atom is 0.252 e. The maximum absolute atomic E-state index is 6.22. The molecule has 274 valence electrons. The summed E-state index contributed by atoms with van der Waals surface area (Å²) in [5, 5.41) is 4.52. The second kappa shape index (κ2) is 12.4. The van der Waals surface area contributed by atoms with Gasteiger partial charge in [0.05, 0.1) is 0 Å². The molecular formula is C54H33BN2O2. The van der Waals surface area contributed by atoms with Crippen molar-refractivity contribution in [3.05, 3.63) is 200 Å². The van der Waals surface area contributed by atoms with Crippen LogP contribution >= 0.6 is 0 Å². The lowest BCUT2D eigenvalue weighted by Gasteiger charge is -2.44. The lowest BCUT2D eigenvalue weighted by molar-refractivity contribution is 0.668. The molecular weight excluding hydrogens is 719 g/mol. The molecule has 4 nitrogen and oxygen atoms in total. The molecule has 0 radical (unpaired) electrons. The molecule has 0 aliphatic carbocycles. The highest BCUT2D eigenvalue weighted by Gasteiger charge is 2.43. The number of rotatable bonds is 4. The number of hydrogen-bond acceptors (Lipinski definition) is 4. The van der Waals surface area contributed by atoms with Crippen molar-refractivity contribution in [1.29, 1.82) is 0 Å².